The van der Waals surface area contributed by atoms with Gasteiger partial charge in [-0.05, 0) is 74.1 Å². The van der Waals surface area contributed by atoms with Gasteiger partial charge in [0.25, 0.3) is 5.91 Å². The van der Waals surface area contributed by atoms with Crippen LogP contribution in [-0.4, -0.2) is 49.8 Å². The molecule has 162 valence electrons. The van der Waals surface area contributed by atoms with Crippen molar-refractivity contribution in [3.05, 3.63) is 24.3 Å². The molecule has 1 amide bonds. The minimum absolute atomic E-state index is 0.0334. The predicted molar refractivity (Wildman–Crippen MR) is 117 cm³/mol. The van der Waals surface area contributed by atoms with Gasteiger partial charge in [0.2, 0.25) is 0 Å². The Hall–Kier alpha value is -1.59. The van der Waals surface area contributed by atoms with Gasteiger partial charge >= 0.3 is 0 Å². The van der Waals surface area contributed by atoms with Gasteiger partial charge in [0, 0.05) is 32.4 Å². The highest BCUT2D eigenvalue weighted by Crippen LogP contribution is 2.35. The number of amides is 1. The van der Waals surface area contributed by atoms with Gasteiger partial charge in [0.05, 0.1) is 0 Å². The Bertz CT molecular complexity index is 643. The van der Waals surface area contributed by atoms with Crippen LogP contribution >= 0.6 is 0 Å². The highest BCUT2D eigenvalue weighted by Gasteiger charge is 2.41. The molecular weight excluding hydrogens is 364 g/mol. The second-order valence-corrected chi connectivity index (χ2v) is 9.41. The first-order chi connectivity index (χ1) is 13.9. The molecule has 29 heavy (non-hydrogen) atoms. The Morgan fingerprint density at radius 2 is 1.69 bits per heavy atom. The average Bonchev–Trinajstić information content (AvgIpc) is 2.69. The van der Waals surface area contributed by atoms with Crippen LogP contribution in [0.4, 0.5) is 5.69 Å². The topological polar surface area (TPSA) is 50.8 Å². The van der Waals surface area contributed by atoms with Crippen LogP contribution in [0.3, 0.4) is 0 Å². The third kappa shape index (κ3) is 5.95. The quantitative estimate of drug-likeness (QED) is 0.725. The number of ether oxygens (including phenoxy) is 2. The lowest BCUT2D eigenvalue weighted by atomic mass is 9.79. The zero-order valence-corrected chi connectivity index (χ0v) is 18.6. The van der Waals surface area contributed by atoms with Crippen LogP contribution in [-0.2, 0) is 9.53 Å². The van der Waals surface area contributed by atoms with Crippen LogP contribution in [0.1, 0.15) is 52.9 Å². The number of carbonyl (C=O) groups excluding carboxylic acids is 1. The number of hydrogen-bond donors (Lipinski definition) is 1. The molecule has 2 aliphatic rings. The van der Waals surface area contributed by atoms with Gasteiger partial charge in [-0.2, -0.15) is 0 Å². The number of methoxy groups -OCH3 is 1. The van der Waals surface area contributed by atoms with E-state index in [-0.39, 0.29) is 5.91 Å². The molecule has 0 radical (unpaired) electrons. The molecule has 3 rings (SSSR count). The molecule has 0 bridgehead atoms. The van der Waals surface area contributed by atoms with Crippen molar-refractivity contribution in [3.63, 3.8) is 0 Å². The van der Waals surface area contributed by atoms with Crippen molar-refractivity contribution in [3.8, 4) is 5.75 Å². The normalized spacial score (nSPS) is 30.7. The zero-order chi connectivity index (χ0) is 20.9. The summed E-state index contributed by atoms with van der Waals surface area (Å²) in [6, 6.07) is 7.68. The monoisotopic (exact) mass is 402 g/mol. The lowest BCUT2D eigenvalue weighted by Crippen LogP contribution is -2.47. The molecular formula is C24H38N2O3. The molecule has 2 fully saturated rings. The van der Waals surface area contributed by atoms with E-state index in [1.54, 1.807) is 7.11 Å². The number of piperidine rings is 1. The molecule has 5 nitrogen and oxygen atoms in total. The highest BCUT2D eigenvalue weighted by atomic mass is 16.5. The minimum atomic E-state index is -0.690. The Morgan fingerprint density at radius 3 is 2.28 bits per heavy atom. The summed E-state index contributed by atoms with van der Waals surface area (Å²) in [7, 11) is 1.65. The van der Waals surface area contributed by atoms with Gasteiger partial charge in [-0.3, -0.25) is 9.69 Å². The van der Waals surface area contributed by atoms with Gasteiger partial charge in [-0.25, -0.2) is 0 Å². The number of anilines is 1. The first kappa shape index (κ1) is 22.1. The van der Waals surface area contributed by atoms with Crippen molar-refractivity contribution in [2.45, 2.75) is 58.5 Å². The highest BCUT2D eigenvalue weighted by molar-refractivity contribution is 5.97. The summed E-state index contributed by atoms with van der Waals surface area (Å²) < 4.78 is 11.6. The largest absolute Gasteiger partial charge is 0.492 e. The summed E-state index contributed by atoms with van der Waals surface area (Å²) in [6.45, 7) is 10.9. The first-order valence-electron chi connectivity index (χ1n) is 11.2. The maximum atomic E-state index is 12.8. The number of rotatable bonds is 7. The van der Waals surface area contributed by atoms with E-state index in [1.807, 2.05) is 24.3 Å². The standard InChI is InChI=1S/C24H38N2O3/c1-18-9-11-24(28-4,12-10-18)23(27)25-21-5-7-22(8-6-21)29-14-13-26-16-19(2)15-20(3)17-26/h5-8,18-20H,9-17H2,1-4H3,(H,25,27)/t18?,19-,20+,24?. The fourth-order valence-electron chi connectivity index (χ4n) is 4.90. The summed E-state index contributed by atoms with van der Waals surface area (Å²) in [5.41, 5.74) is 0.0980. The molecule has 1 saturated carbocycles. The molecule has 1 heterocycles. The number of benzene rings is 1. The van der Waals surface area contributed by atoms with E-state index in [4.69, 9.17) is 9.47 Å². The van der Waals surface area contributed by atoms with Gasteiger partial charge < -0.3 is 14.8 Å². The van der Waals surface area contributed by atoms with Crippen LogP contribution in [0.5, 0.6) is 5.75 Å². The Labute approximate surface area is 176 Å². The van der Waals surface area contributed by atoms with E-state index in [1.165, 1.54) is 19.5 Å². The Morgan fingerprint density at radius 1 is 1.07 bits per heavy atom. The third-order valence-corrected chi connectivity index (χ3v) is 6.62. The number of hydrogen-bond acceptors (Lipinski definition) is 4. The van der Waals surface area contributed by atoms with Crippen molar-refractivity contribution < 1.29 is 14.3 Å². The fourth-order valence-corrected chi connectivity index (χ4v) is 4.90. The molecule has 1 aliphatic carbocycles. The summed E-state index contributed by atoms with van der Waals surface area (Å²) in [5.74, 6) is 3.01. The number of nitrogens with one attached hydrogen (secondary N) is 1. The van der Waals surface area contributed by atoms with E-state index >= 15 is 0 Å². The smallest absolute Gasteiger partial charge is 0.256 e. The van der Waals surface area contributed by atoms with Crippen LogP contribution in [0.25, 0.3) is 0 Å². The molecule has 0 spiro atoms. The second kappa shape index (κ2) is 9.94. The van der Waals surface area contributed by atoms with E-state index < -0.39 is 5.60 Å². The Balaban J connectivity index is 1.46. The van der Waals surface area contributed by atoms with Crippen molar-refractivity contribution in [1.82, 2.24) is 4.90 Å². The molecule has 1 saturated heterocycles. The van der Waals surface area contributed by atoms with Crippen molar-refractivity contribution in [2.75, 3.05) is 38.7 Å². The minimum Gasteiger partial charge on any atom is -0.492 e. The van der Waals surface area contributed by atoms with E-state index in [0.717, 1.165) is 55.5 Å². The Kier molecular flexibility index (Phi) is 7.58. The van der Waals surface area contributed by atoms with Gasteiger partial charge in [0.15, 0.2) is 0 Å². The molecule has 2 atom stereocenters. The van der Waals surface area contributed by atoms with E-state index in [0.29, 0.717) is 12.5 Å². The van der Waals surface area contributed by atoms with Crippen LogP contribution in [0, 0.1) is 17.8 Å². The van der Waals surface area contributed by atoms with Crippen LogP contribution in [0.15, 0.2) is 24.3 Å². The molecule has 1 N–H and O–H groups in total. The molecule has 5 heteroatoms. The van der Waals surface area contributed by atoms with E-state index in [9.17, 15) is 4.79 Å². The molecule has 0 unspecified atom stereocenters. The second-order valence-electron chi connectivity index (χ2n) is 9.41. The van der Waals surface area contributed by atoms with Crippen molar-refractivity contribution in [1.29, 1.82) is 0 Å². The lowest BCUT2D eigenvalue weighted by Gasteiger charge is -2.36. The predicted octanol–water partition coefficient (Wildman–Crippen LogP) is 4.58. The summed E-state index contributed by atoms with van der Waals surface area (Å²) in [6.07, 6.45) is 4.95. The number of carbonyl (C=O) groups is 1. The van der Waals surface area contributed by atoms with Crippen LogP contribution < -0.4 is 10.1 Å². The maximum absolute atomic E-state index is 12.8. The molecule has 1 aromatic rings. The zero-order valence-electron chi connectivity index (χ0n) is 18.6. The number of likely N-dealkylation sites (tertiary alicyclic amines) is 1. The van der Waals surface area contributed by atoms with Gasteiger partial charge in [-0.15, -0.1) is 0 Å². The van der Waals surface area contributed by atoms with E-state index in [2.05, 4.69) is 31.0 Å². The molecule has 1 aliphatic heterocycles. The van der Waals surface area contributed by atoms with Gasteiger partial charge in [0.1, 0.15) is 18.0 Å². The number of nitrogens with zero attached hydrogens (tertiary/aromatic N) is 1. The van der Waals surface area contributed by atoms with Crippen LogP contribution in [0.2, 0.25) is 0 Å². The SMILES string of the molecule is COC1(C(=O)Nc2ccc(OCCN3C[C@H](C)C[C@H](C)C3)cc2)CCC(C)CC1. The molecule has 1 aromatic carbocycles. The van der Waals surface area contributed by atoms with Crippen molar-refractivity contribution in [2.24, 2.45) is 17.8 Å². The first-order valence-corrected chi connectivity index (χ1v) is 11.2. The average molecular weight is 403 g/mol. The summed E-state index contributed by atoms with van der Waals surface area (Å²) in [4.78, 5) is 15.3. The summed E-state index contributed by atoms with van der Waals surface area (Å²) in [5, 5.41) is 3.04. The molecule has 0 aromatic heterocycles. The lowest BCUT2D eigenvalue weighted by molar-refractivity contribution is -0.142. The fraction of sp³-hybridized carbons (Fsp3) is 0.708. The van der Waals surface area contributed by atoms with Gasteiger partial charge in [-0.1, -0.05) is 20.8 Å². The maximum Gasteiger partial charge on any atom is 0.256 e. The summed E-state index contributed by atoms with van der Waals surface area (Å²) >= 11 is 0. The van der Waals surface area contributed by atoms with Crippen molar-refractivity contribution >= 4 is 11.6 Å². The third-order valence-electron chi connectivity index (χ3n) is 6.62.